The molecule has 0 saturated carbocycles. The summed E-state index contributed by atoms with van der Waals surface area (Å²) < 4.78 is 24.7. The maximum atomic E-state index is 11.5. The number of aryl methyl sites for hydroxylation is 1. The second kappa shape index (κ2) is 8.38. The zero-order chi connectivity index (χ0) is 21.4. The smallest absolute Gasteiger partial charge is 0.304 e. The summed E-state index contributed by atoms with van der Waals surface area (Å²) in [6, 6.07) is 11.4. The summed E-state index contributed by atoms with van der Waals surface area (Å²) in [7, 11) is 0. The van der Waals surface area contributed by atoms with Crippen molar-refractivity contribution in [3.8, 4) is 0 Å². The third-order valence-electron chi connectivity index (χ3n) is 5.70. The molecule has 0 aliphatic heterocycles. The summed E-state index contributed by atoms with van der Waals surface area (Å²) in [6.45, 7) is 4.51. The summed E-state index contributed by atoms with van der Waals surface area (Å²) in [5, 5.41) is 11.1. The Morgan fingerprint density at radius 3 is 2.67 bits per heavy atom. The van der Waals surface area contributed by atoms with E-state index in [1.54, 1.807) is 6.08 Å². The van der Waals surface area contributed by atoms with Crippen LogP contribution in [0, 0.1) is 0 Å². The number of nitrogens with zero attached hydrogens (tertiary/aromatic N) is 1. The minimum atomic E-state index is -2.19. The van der Waals surface area contributed by atoms with Gasteiger partial charge in [0.2, 0.25) is 0 Å². The molecule has 0 spiro atoms. The minimum Gasteiger partial charge on any atom is -0.772 e. The molecule has 5 nitrogen and oxygen atoms in total. The number of aliphatic carboxylic acids is 1. The van der Waals surface area contributed by atoms with Crippen LogP contribution in [0.2, 0.25) is 5.02 Å². The molecule has 1 N–H and O–H groups in total. The van der Waals surface area contributed by atoms with E-state index in [1.807, 2.05) is 36.4 Å². The Balaban J connectivity index is 1.94. The van der Waals surface area contributed by atoms with Gasteiger partial charge in [-0.2, -0.15) is 0 Å². The van der Waals surface area contributed by atoms with Crippen LogP contribution in [0.1, 0.15) is 46.7 Å². The van der Waals surface area contributed by atoms with Gasteiger partial charge < -0.3 is 14.2 Å². The van der Waals surface area contributed by atoms with E-state index in [9.17, 15) is 18.7 Å². The van der Waals surface area contributed by atoms with Crippen molar-refractivity contribution < 1.29 is 18.7 Å². The first-order valence-corrected chi connectivity index (χ1v) is 11.3. The lowest BCUT2D eigenvalue weighted by Crippen LogP contribution is -2.11. The molecule has 7 heteroatoms. The van der Waals surface area contributed by atoms with Gasteiger partial charge >= 0.3 is 5.97 Å². The van der Waals surface area contributed by atoms with Crippen molar-refractivity contribution in [2.45, 2.75) is 37.5 Å². The molecule has 1 aliphatic carbocycles. The molecule has 1 heterocycles. The van der Waals surface area contributed by atoms with E-state index in [0.29, 0.717) is 17.1 Å². The highest BCUT2D eigenvalue weighted by Gasteiger charge is 2.32. The average molecular weight is 443 g/mol. The minimum absolute atomic E-state index is 0.0630. The molecule has 1 aliphatic rings. The first-order valence-electron chi connectivity index (χ1n) is 9.69. The highest BCUT2D eigenvalue weighted by molar-refractivity contribution is 7.78. The van der Waals surface area contributed by atoms with Gasteiger partial charge in [0.15, 0.2) is 0 Å². The zero-order valence-corrected chi connectivity index (χ0v) is 17.8. The fourth-order valence-corrected chi connectivity index (χ4v) is 5.14. The molecule has 30 heavy (non-hydrogen) atoms. The zero-order valence-electron chi connectivity index (χ0n) is 16.3. The molecular formula is C23H21ClNO4S-. The maximum Gasteiger partial charge on any atom is 0.304 e. The van der Waals surface area contributed by atoms with Crippen LogP contribution in [0.3, 0.4) is 0 Å². The Hall–Kier alpha value is -2.41. The predicted octanol–water partition coefficient (Wildman–Crippen LogP) is 4.87. The predicted molar refractivity (Wildman–Crippen MR) is 119 cm³/mol. The lowest BCUT2D eigenvalue weighted by molar-refractivity contribution is -0.137. The average Bonchev–Trinajstić information content (AvgIpc) is 3.22. The molecule has 4 rings (SSSR count). The fourth-order valence-electron chi connectivity index (χ4n) is 4.58. The van der Waals surface area contributed by atoms with Crippen LogP contribution in [0.15, 0.2) is 43.0 Å². The van der Waals surface area contributed by atoms with Gasteiger partial charge in [0.1, 0.15) is 0 Å². The van der Waals surface area contributed by atoms with Crippen molar-refractivity contribution in [1.82, 2.24) is 4.57 Å². The topological polar surface area (TPSA) is 82.4 Å². The summed E-state index contributed by atoms with van der Waals surface area (Å²) in [5.74, 6) is -0.957. The molecule has 2 aromatic carbocycles. The van der Waals surface area contributed by atoms with Gasteiger partial charge in [-0.3, -0.25) is 9.00 Å². The lowest BCUT2D eigenvalue weighted by atomic mass is 10.0. The van der Waals surface area contributed by atoms with Gasteiger partial charge in [0.25, 0.3) is 0 Å². The van der Waals surface area contributed by atoms with Crippen LogP contribution < -0.4 is 0 Å². The van der Waals surface area contributed by atoms with Crippen LogP contribution in [0.4, 0.5) is 0 Å². The highest BCUT2D eigenvalue weighted by Crippen LogP contribution is 2.43. The van der Waals surface area contributed by atoms with Crippen LogP contribution in [0.25, 0.3) is 17.0 Å². The van der Waals surface area contributed by atoms with E-state index in [1.165, 1.54) is 0 Å². The van der Waals surface area contributed by atoms with Crippen LogP contribution in [-0.2, 0) is 34.6 Å². The summed E-state index contributed by atoms with van der Waals surface area (Å²) >= 11 is 3.84. The normalized spacial score (nSPS) is 16.5. The van der Waals surface area contributed by atoms with Crippen molar-refractivity contribution in [2.24, 2.45) is 0 Å². The second-order valence-corrected chi connectivity index (χ2v) is 8.98. The molecule has 0 fully saturated rings. The number of fused-ring (bicyclic) bond motifs is 3. The molecule has 3 aromatic rings. The third-order valence-corrected chi connectivity index (χ3v) is 6.52. The number of halogens is 1. The van der Waals surface area contributed by atoms with Crippen LogP contribution in [0.5, 0.6) is 0 Å². The van der Waals surface area contributed by atoms with Crippen molar-refractivity contribution >= 4 is 45.6 Å². The number of aromatic nitrogens is 1. The summed E-state index contributed by atoms with van der Waals surface area (Å²) in [4.78, 5) is 11.5. The number of hydrogen-bond acceptors (Lipinski definition) is 3. The van der Waals surface area contributed by atoms with Crippen molar-refractivity contribution in [1.29, 1.82) is 0 Å². The lowest BCUT2D eigenvalue weighted by Gasteiger charge is -2.17. The first kappa shape index (κ1) is 20.8. The molecule has 2 unspecified atom stereocenters. The number of carboxylic acid groups (broad SMARTS) is 1. The Labute approximate surface area is 182 Å². The van der Waals surface area contributed by atoms with E-state index in [2.05, 4.69) is 11.1 Å². The molecular weight excluding hydrogens is 422 g/mol. The quantitative estimate of drug-likeness (QED) is 0.529. The van der Waals surface area contributed by atoms with Gasteiger partial charge in [-0.05, 0) is 59.4 Å². The SMILES string of the molecule is C=Cc1cc(CS(=O)[O-])cc2c3c(n(Cc4ccc(Cl)cc4)c12)C(CC(=O)O)CC3. The highest BCUT2D eigenvalue weighted by atomic mass is 35.5. The Morgan fingerprint density at radius 1 is 1.30 bits per heavy atom. The largest absolute Gasteiger partial charge is 0.772 e. The maximum absolute atomic E-state index is 11.5. The van der Waals surface area contributed by atoms with Crippen molar-refractivity contribution in [3.05, 3.63) is 75.9 Å². The molecule has 0 radical (unpaired) electrons. The summed E-state index contributed by atoms with van der Waals surface area (Å²) in [6.07, 6.45) is 3.36. The van der Waals surface area contributed by atoms with Crippen molar-refractivity contribution in [3.63, 3.8) is 0 Å². The number of hydrogen-bond donors (Lipinski definition) is 1. The molecule has 0 amide bonds. The Morgan fingerprint density at radius 2 is 2.03 bits per heavy atom. The molecule has 1 aromatic heterocycles. The number of carboxylic acids is 1. The number of benzene rings is 2. The fraction of sp³-hybridized carbons (Fsp3) is 0.261. The van der Waals surface area contributed by atoms with Gasteiger partial charge in [-0.15, -0.1) is 0 Å². The molecule has 0 bridgehead atoms. The van der Waals surface area contributed by atoms with E-state index in [4.69, 9.17) is 11.6 Å². The Bertz CT molecular complexity index is 1170. The third kappa shape index (κ3) is 3.95. The van der Waals surface area contributed by atoms with E-state index in [-0.39, 0.29) is 18.1 Å². The van der Waals surface area contributed by atoms with E-state index in [0.717, 1.165) is 46.1 Å². The second-order valence-electron chi connectivity index (χ2n) is 7.64. The number of carbonyl (C=O) groups is 1. The van der Waals surface area contributed by atoms with Gasteiger partial charge in [-0.25, -0.2) is 0 Å². The standard InChI is InChI=1S/C23H22ClNO4S/c1-2-16-9-15(13-30(28)29)10-20-19-8-5-17(11-21(26)27)23(19)25(22(16)20)12-14-3-6-18(24)7-4-14/h2-4,6-7,9-10,17H,1,5,8,11-13H2,(H,26,27)(H,28,29)/p-1. The Kier molecular flexibility index (Phi) is 5.82. The first-order chi connectivity index (χ1) is 14.4. The monoisotopic (exact) mass is 442 g/mol. The van der Waals surface area contributed by atoms with Gasteiger partial charge in [0.05, 0.1) is 11.9 Å². The van der Waals surface area contributed by atoms with Crippen LogP contribution in [-0.4, -0.2) is 24.4 Å². The van der Waals surface area contributed by atoms with Gasteiger partial charge in [0, 0.05) is 34.3 Å². The molecule has 2 atom stereocenters. The van der Waals surface area contributed by atoms with Crippen LogP contribution >= 0.6 is 11.6 Å². The van der Waals surface area contributed by atoms with E-state index < -0.39 is 17.0 Å². The van der Waals surface area contributed by atoms with Crippen molar-refractivity contribution in [2.75, 3.05) is 0 Å². The van der Waals surface area contributed by atoms with Gasteiger partial charge in [-0.1, -0.05) is 47.5 Å². The van der Waals surface area contributed by atoms with E-state index >= 15 is 0 Å². The summed E-state index contributed by atoms with van der Waals surface area (Å²) in [5.41, 5.74) is 5.74. The number of rotatable bonds is 7. The molecule has 156 valence electrons. The molecule has 0 saturated heterocycles.